The van der Waals surface area contributed by atoms with E-state index in [2.05, 4.69) is 71.5 Å². The second-order valence-corrected chi connectivity index (χ2v) is 20.8. The number of unbranched alkanes of at least 4 members (excludes halogenated alkanes) is 15. The van der Waals surface area contributed by atoms with Crippen LogP contribution >= 0.6 is 23.5 Å². The van der Waals surface area contributed by atoms with Crippen LogP contribution in [-0.2, 0) is 50.9 Å². The molecule has 1 rings (SSSR count). The average Bonchev–Trinajstić information content (AvgIpc) is 3.28. The minimum Gasteiger partial charge on any atom is -0.462 e. The van der Waals surface area contributed by atoms with Crippen LogP contribution in [0.15, 0.2) is 60.8 Å². The molecule has 22 heteroatoms. The standard InChI is InChI=1S/C47H83O19P3/c1-3-5-7-9-11-13-15-17-19-20-22-23-25-27-29-31-33-35-40(48)61-37-39(63-41(49)36-34-32-30-28-26-24-21-18-16-14-12-10-8-6-4-2)38-62-69(59,60)66-45-42(50)43(51)46(64-67(53,54)55)47(44(45)52)65-68(56,57)58/h12,14,17-19,21-23,27,29,39,42-47,50-52H,3-11,13,15-16,20,24-26,28,30-38H2,1-2H3,(H,59,60)(H2,53,54,55)(H2,56,57,58). The Balaban J connectivity index is 2.76. The second kappa shape index (κ2) is 38.5. The van der Waals surface area contributed by atoms with Crippen LogP contribution in [0.4, 0.5) is 0 Å². The Morgan fingerprint density at radius 3 is 1.36 bits per heavy atom. The van der Waals surface area contributed by atoms with Gasteiger partial charge < -0.3 is 49.3 Å². The smallest absolute Gasteiger partial charge is 0.462 e. The molecule has 1 saturated carbocycles. The molecule has 19 nitrogen and oxygen atoms in total. The molecule has 8 unspecified atom stereocenters. The van der Waals surface area contributed by atoms with Gasteiger partial charge in [0.25, 0.3) is 0 Å². The number of phosphoric ester groups is 3. The van der Waals surface area contributed by atoms with Gasteiger partial charge in [-0.15, -0.1) is 0 Å². The first-order valence-electron chi connectivity index (χ1n) is 24.6. The highest BCUT2D eigenvalue weighted by Crippen LogP contribution is 2.51. The van der Waals surface area contributed by atoms with E-state index in [1.807, 2.05) is 12.2 Å². The molecule has 0 spiro atoms. The number of phosphoric acid groups is 3. The molecule has 1 fully saturated rings. The maximum atomic E-state index is 13.1. The second-order valence-electron chi connectivity index (χ2n) is 17.0. The van der Waals surface area contributed by atoms with Crippen molar-refractivity contribution in [2.45, 2.75) is 211 Å². The number of aliphatic hydroxyl groups is 3. The van der Waals surface area contributed by atoms with Crippen molar-refractivity contribution in [2.75, 3.05) is 13.2 Å². The maximum Gasteiger partial charge on any atom is 0.472 e. The molecule has 0 amide bonds. The number of hydrogen-bond acceptors (Lipinski definition) is 14. The summed E-state index contributed by atoms with van der Waals surface area (Å²) < 4.78 is 65.4. The van der Waals surface area contributed by atoms with Crippen LogP contribution < -0.4 is 0 Å². The maximum absolute atomic E-state index is 13.1. The Morgan fingerprint density at radius 1 is 0.464 bits per heavy atom. The number of carbonyl (C=O) groups excluding carboxylic acids is 2. The summed E-state index contributed by atoms with van der Waals surface area (Å²) in [6.07, 6.45) is 26.7. The van der Waals surface area contributed by atoms with E-state index in [0.29, 0.717) is 19.3 Å². The molecule has 0 aromatic carbocycles. The molecule has 0 aliphatic heterocycles. The van der Waals surface area contributed by atoms with Crippen molar-refractivity contribution in [1.82, 2.24) is 0 Å². The van der Waals surface area contributed by atoms with Crippen LogP contribution in [0, 0.1) is 0 Å². The highest BCUT2D eigenvalue weighted by Gasteiger charge is 2.56. The quantitative estimate of drug-likeness (QED) is 0.0122. The van der Waals surface area contributed by atoms with Gasteiger partial charge in [-0.1, -0.05) is 139 Å². The molecule has 0 aromatic rings. The summed E-state index contributed by atoms with van der Waals surface area (Å²) in [4.78, 5) is 73.2. The fourth-order valence-corrected chi connectivity index (χ4v) is 9.19. The molecular weight excluding hydrogens is 961 g/mol. The lowest BCUT2D eigenvalue weighted by Crippen LogP contribution is -2.65. The molecule has 0 aromatic heterocycles. The summed E-state index contributed by atoms with van der Waals surface area (Å²) in [7, 11) is -16.6. The third kappa shape index (κ3) is 34.8. The number of rotatable bonds is 41. The van der Waals surface area contributed by atoms with Crippen LogP contribution in [0.5, 0.6) is 0 Å². The third-order valence-corrected chi connectivity index (χ3v) is 12.8. The normalized spacial score (nSPS) is 21.8. The molecular formula is C47H83O19P3. The molecule has 1 aliphatic carbocycles. The molecule has 1 aliphatic rings. The van der Waals surface area contributed by atoms with Crippen molar-refractivity contribution in [1.29, 1.82) is 0 Å². The molecule has 0 saturated heterocycles. The van der Waals surface area contributed by atoms with Crippen molar-refractivity contribution in [2.24, 2.45) is 0 Å². The van der Waals surface area contributed by atoms with E-state index in [9.17, 15) is 63.1 Å². The Labute approximate surface area is 409 Å². The van der Waals surface area contributed by atoms with Gasteiger partial charge in [0.15, 0.2) is 6.10 Å². The summed E-state index contributed by atoms with van der Waals surface area (Å²) >= 11 is 0. The van der Waals surface area contributed by atoms with E-state index in [1.54, 1.807) is 0 Å². The number of esters is 2. The molecule has 400 valence electrons. The zero-order valence-electron chi connectivity index (χ0n) is 40.6. The van der Waals surface area contributed by atoms with Crippen molar-refractivity contribution in [3.05, 3.63) is 60.8 Å². The number of ether oxygens (including phenoxy) is 2. The van der Waals surface area contributed by atoms with Gasteiger partial charge in [0.1, 0.15) is 43.2 Å². The lowest BCUT2D eigenvalue weighted by molar-refractivity contribution is -0.213. The molecule has 8 atom stereocenters. The first-order chi connectivity index (χ1) is 32.8. The molecule has 0 radical (unpaired) electrons. The fourth-order valence-electron chi connectivity index (χ4n) is 7.10. The van der Waals surface area contributed by atoms with Crippen LogP contribution in [-0.4, -0.2) is 108 Å². The Morgan fingerprint density at radius 2 is 0.855 bits per heavy atom. The zero-order chi connectivity index (χ0) is 51.4. The first kappa shape index (κ1) is 64.9. The van der Waals surface area contributed by atoms with Crippen LogP contribution in [0.2, 0.25) is 0 Å². The van der Waals surface area contributed by atoms with Crippen LogP contribution in [0.25, 0.3) is 0 Å². The topological polar surface area (TPSA) is 303 Å². The summed E-state index contributed by atoms with van der Waals surface area (Å²) in [6, 6.07) is 0. The Kier molecular flexibility index (Phi) is 36.2. The lowest BCUT2D eigenvalue weighted by Gasteiger charge is -2.44. The predicted octanol–water partition coefficient (Wildman–Crippen LogP) is 9.18. The summed E-state index contributed by atoms with van der Waals surface area (Å²) in [5.74, 6) is -1.38. The van der Waals surface area contributed by atoms with E-state index < -0.39 is 91.3 Å². The lowest BCUT2D eigenvalue weighted by atomic mass is 9.85. The predicted molar refractivity (Wildman–Crippen MR) is 261 cm³/mol. The minimum atomic E-state index is -5.61. The van der Waals surface area contributed by atoms with E-state index in [0.717, 1.165) is 64.2 Å². The van der Waals surface area contributed by atoms with Gasteiger partial charge in [-0.25, -0.2) is 13.7 Å². The highest BCUT2D eigenvalue weighted by atomic mass is 31.2. The minimum absolute atomic E-state index is 0.00300. The molecule has 8 N–H and O–H groups in total. The summed E-state index contributed by atoms with van der Waals surface area (Å²) in [5, 5.41) is 31.9. The number of aliphatic hydroxyl groups excluding tert-OH is 3. The van der Waals surface area contributed by atoms with Gasteiger partial charge in [0.2, 0.25) is 0 Å². The number of allylic oxidation sites excluding steroid dienone is 10. The first-order valence-corrected chi connectivity index (χ1v) is 29.1. The number of carbonyl (C=O) groups is 2. The van der Waals surface area contributed by atoms with Gasteiger partial charge in [-0.05, 0) is 77.0 Å². The monoisotopic (exact) mass is 1040 g/mol. The van der Waals surface area contributed by atoms with Crippen LogP contribution in [0.1, 0.15) is 168 Å². The van der Waals surface area contributed by atoms with Gasteiger partial charge in [-0.3, -0.25) is 27.7 Å². The van der Waals surface area contributed by atoms with E-state index >= 15 is 0 Å². The zero-order valence-corrected chi connectivity index (χ0v) is 43.3. The Bertz CT molecular complexity index is 1670. The van der Waals surface area contributed by atoms with Crippen molar-refractivity contribution in [3.63, 3.8) is 0 Å². The third-order valence-electron chi connectivity index (χ3n) is 10.8. The van der Waals surface area contributed by atoms with Crippen molar-refractivity contribution >= 4 is 35.4 Å². The number of hydrogen-bond donors (Lipinski definition) is 8. The van der Waals surface area contributed by atoms with Gasteiger partial charge in [0.05, 0.1) is 6.61 Å². The van der Waals surface area contributed by atoms with Crippen molar-refractivity contribution < 1.29 is 90.6 Å². The SMILES string of the molecule is CCCCCC=CCC=CCCCCCCCC(=O)OC(COC(=O)CCCC=CCC=CCC=CCCCCCCCC)COP(=O)(O)OC1C(O)C(O)C(OP(=O)(O)O)C(OP(=O)(O)O)C1O. The van der Waals surface area contributed by atoms with Crippen molar-refractivity contribution in [3.8, 4) is 0 Å². The van der Waals surface area contributed by atoms with Gasteiger partial charge in [0, 0.05) is 12.8 Å². The summed E-state index contributed by atoms with van der Waals surface area (Å²) in [5.41, 5.74) is 0. The van der Waals surface area contributed by atoms with E-state index in [-0.39, 0.29) is 12.8 Å². The molecule has 69 heavy (non-hydrogen) atoms. The Hall–Kier alpha value is -2.15. The van der Waals surface area contributed by atoms with Gasteiger partial charge in [-0.2, -0.15) is 0 Å². The summed E-state index contributed by atoms with van der Waals surface area (Å²) in [6.45, 7) is 2.86. The van der Waals surface area contributed by atoms with E-state index in [4.69, 9.17) is 18.5 Å². The fraction of sp³-hybridized carbons (Fsp3) is 0.745. The van der Waals surface area contributed by atoms with Gasteiger partial charge >= 0.3 is 35.4 Å². The highest BCUT2D eigenvalue weighted by molar-refractivity contribution is 7.47. The molecule has 0 heterocycles. The average molecular weight is 1050 g/mol. The van der Waals surface area contributed by atoms with E-state index in [1.165, 1.54) is 57.8 Å². The molecule has 0 bridgehead atoms. The van der Waals surface area contributed by atoms with Crippen LogP contribution in [0.3, 0.4) is 0 Å². The largest absolute Gasteiger partial charge is 0.472 e.